The Kier molecular flexibility index (Phi) is 7.33. The van der Waals surface area contributed by atoms with Gasteiger partial charge in [-0.2, -0.15) is 0 Å². The minimum absolute atomic E-state index is 0.595. The van der Waals surface area contributed by atoms with Crippen LogP contribution in [-0.2, 0) is 11.2 Å². The van der Waals surface area contributed by atoms with Gasteiger partial charge in [0, 0.05) is 19.2 Å². The van der Waals surface area contributed by atoms with Crippen molar-refractivity contribution >= 4 is 12.0 Å². The van der Waals surface area contributed by atoms with Gasteiger partial charge in [0.2, 0.25) is 0 Å². The second kappa shape index (κ2) is 8.04. The van der Waals surface area contributed by atoms with E-state index in [0.717, 1.165) is 18.4 Å². The van der Waals surface area contributed by atoms with Gasteiger partial charge >= 0.3 is 0 Å². The van der Waals surface area contributed by atoms with Crippen LogP contribution in [0.1, 0.15) is 31.4 Å². The van der Waals surface area contributed by atoms with Crippen LogP contribution in [-0.4, -0.2) is 13.3 Å². The molecule has 0 saturated heterocycles. The van der Waals surface area contributed by atoms with E-state index in [2.05, 4.69) is 30.4 Å². The Morgan fingerprint density at radius 2 is 2.00 bits per heavy atom. The molecule has 2 nitrogen and oxygen atoms in total. The summed E-state index contributed by atoms with van der Waals surface area (Å²) in [6.45, 7) is 6.06. The summed E-state index contributed by atoms with van der Waals surface area (Å²) in [5, 5.41) is 3.12. The van der Waals surface area contributed by atoms with Gasteiger partial charge in [0.25, 0.3) is 0 Å². The van der Waals surface area contributed by atoms with E-state index < -0.39 is 0 Å². The Hall–Kier alpha value is -1.31. The van der Waals surface area contributed by atoms with Crippen molar-refractivity contribution in [2.75, 3.05) is 12.4 Å². The molecule has 0 aliphatic carbocycles. The molecule has 0 heterocycles. The molecule has 2 heteroatoms. The molecule has 84 valence electrons. The van der Waals surface area contributed by atoms with Gasteiger partial charge in [0.05, 0.1) is 0 Å². The lowest BCUT2D eigenvalue weighted by Gasteiger charge is -2.08. The Bertz CT molecular complexity index is 295. The minimum Gasteiger partial charge on any atom is -0.388 e. The number of rotatable bonds is 4. The summed E-state index contributed by atoms with van der Waals surface area (Å²) in [6, 6.07) is 6.24. The third-order valence-electron chi connectivity index (χ3n) is 2.06. The van der Waals surface area contributed by atoms with E-state index in [1.807, 2.05) is 20.9 Å². The van der Waals surface area contributed by atoms with Gasteiger partial charge in [-0.1, -0.05) is 31.5 Å². The van der Waals surface area contributed by atoms with Crippen LogP contribution in [0.2, 0.25) is 0 Å². The number of benzene rings is 1. The molecule has 0 saturated carbocycles. The highest BCUT2D eigenvalue weighted by Crippen LogP contribution is 2.17. The fourth-order valence-corrected chi connectivity index (χ4v) is 1.39. The number of carbonyl (C=O) groups excluding carboxylic acids is 1. The highest BCUT2D eigenvalue weighted by Gasteiger charge is 2.00. The fraction of sp³-hybridized carbons (Fsp3) is 0.462. The topological polar surface area (TPSA) is 29.1 Å². The zero-order valence-corrected chi connectivity index (χ0v) is 10.1. The van der Waals surface area contributed by atoms with Gasteiger partial charge in [0.15, 0.2) is 0 Å². The molecule has 0 aliphatic heterocycles. The average Bonchev–Trinajstić information content (AvgIpc) is 2.29. The van der Waals surface area contributed by atoms with Crippen LogP contribution in [0.15, 0.2) is 18.2 Å². The van der Waals surface area contributed by atoms with Crippen molar-refractivity contribution in [1.29, 1.82) is 0 Å². The maximum absolute atomic E-state index is 10.2. The quantitative estimate of drug-likeness (QED) is 0.768. The maximum atomic E-state index is 10.2. The number of hydrogen-bond donors (Lipinski definition) is 1. The minimum atomic E-state index is 0.595. The predicted molar refractivity (Wildman–Crippen MR) is 66.5 cm³/mol. The first-order chi connectivity index (χ1) is 7.27. The Morgan fingerprint density at radius 1 is 1.33 bits per heavy atom. The molecule has 0 aliphatic rings. The van der Waals surface area contributed by atoms with Crippen LogP contribution < -0.4 is 5.32 Å². The molecule has 1 aromatic carbocycles. The third kappa shape index (κ3) is 4.63. The smallest absolute Gasteiger partial charge is 0.120 e. The molecule has 15 heavy (non-hydrogen) atoms. The first-order valence-electron chi connectivity index (χ1n) is 5.49. The largest absolute Gasteiger partial charge is 0.388 e. The molecule has 0 atom stereocenters. The monoisotopic (exact) mass is 207 g/mol. The Balaban J connectivity index is 0.000000921. The van der Waals surface area contributed by atoms with Gasteiger partial charge in [-0.25, -0.2) is 0 Å². The molecular weight excluding hydrogens is 186 g/mol. The van der Waals surface area contributed by atoms with Crippen molar-refractivity contribution in [3.05, 3.63) is 29.3 Å². The predicted octanol–water partition coefficient (Wildman–Crippen LogP) is 3.19. The molecule has 1 aromatic rings. The second-order valence-electron chi connectivity index (χ2n) is 3.12. The number of hydrogen-bond acceptors (Lipinski definition) is 2. The van der Waals surface area contributed by atoms with Crippen molar-refractivity contribution in [1.82, 2.24) is 0 Å². The van der Waals surface area contributed by atoms with Gasteiger partial charge in [-0.3, -0.25) is 0 Å². The van der Waals surface area contributed by atoms with Crippen molar-refractivity contribution in [3.63, 3.8) is 0 Å². The summed E-state index contributed by atoms with van der Waals surface area (Å²) in [5.74, 6) is 0. The van der Waals surface area contributed by atoms with Crippen LogP contribution in [0.25, 0.3) is 0 Å². The molecule has 0 bridgehead atoms. The Morgan fingerprint density at radius 3 is 2.53 bits per heavy atom. The van der Waals surface area contributed by atoms with E-state index in [4.69, 9.17) is 0 Å². The van der Waals surface area contributed by atoms with Crippen molar-refractivity contribution in [2.24, 2.45) is 0 Å². The van der Waals surface area contributed by atoms with E-state index in [-0.39, 0.29) is 0 Å². The molecule has 0 radical (unpaired) electrons. The number of nitrogens with one attached hydrogen (secondary N) is 1. The second-order valence-corrected chi connectivity index (χ2v) is 3.12. The van der Waals surface area contributed by atoms with Gasteiger partial charge < -0.3 is 10.1 Å². The Labute approximate surface area is 92.7 Å². The lowest BCUT2D eigenvalue weighted by Crippen LogP contribution is -1.96. The first-order valence-corrected chi connectivity index (χ1v) is 5.49. The summed E-state index contributed by atoms with van der Waals surface area (Å²) in [7, 11) is 1.90. The van der Waals surface area contributed by atoms with Crippen LogP contribution in [0.5, 0.6) is 0 Å². The number of carbonyl (C=O) groups is 1. The highest BCUT2D eigenvalue weighted by molar-refractivity contribution is 5.55. The van der Waals surface area contributed by atoms with Crippen molar-refractivity contribution in [3.8, 4) is 0 Å². The molecule has 1 rings (SSSR count). The van der Waals surface area contributed by atoms with E-state index in [1.54, 1.807) is 0 Å². The molecule has 0 fully saturated rings. The van der Waals surface area contributed by atoms with Gasteiger partial charge in [-0.15, -0.1) is 0 Å². The van der Waals surface area contributed by atoms with E-state index in [1.165, 1.54) is 11.1 Å². The third-order valence-corrected chi connectivity index (χ3v) is 2.06. The zero-order valence-electron chi connectivity index (χ0n) is 10.1. The molecule has 1 N–H and O–H groups in total. The van der Waals surface area contributed by atoms with Crippen LogP contribution >= 0.6 is 0 Å². The first kappa shape index (κ1) is 13.7. The average molecular weight is 207 g/mol. The summed E-state index contributed by atoms with van der Waals surface area (Å²) in [5.41, 5.74) is 3.57. The van der Waals surface area contributed by atoms with E-state index in [9.17, 15) is 4.79 Å². The summed E-state index contributed by atoms with van der Waals surface area (Å²) < 4.78 is 0. The van der Waals surface area contributed by atoms with Crippen molar-refractivity contribution in [2.45, 2.75) is 33.6 Å². The lowest BCUT2D eigenvalue weighted by atomic mass is 10.1. The number of aldehydes is 1. The molecule has 0 spiro atoms. The van der Waals surface area contributed by atoms with E-state index in [0.29, 0.717) is 6.42 Å². The van der Waals surface area contributed by atoms with E-state index >= 15 is 0 Å². The number of aryl methyl sites for hydroxylation is 2. The fourth-order valence-electron chi connectivity index (χ4n) is 1.39. The molecule has 0 unspecified atom stereocenters. The lowest BCUT2D eigenvalue weighted by molar-refractivity contribution is -0.107. The van der Waals surface area contributed by atoms with Gasteiger partial charge in [0.1, 0.15) is 6.29 Å². The zero-order chi connectivity index (χ0) is 11.7. The summed E-state index contributed by atoms with van der Waals surface area (Å²) in [6.07, 6.45) is 2.38. The molecule has 0 aromatic heterocycles. The van der Waals surface area contributed by atoms with Crippen LogP contribution in [0, 0.1) is 6.92 Å². The summed E-state index contributed by atoms with van der Waals surface area (Å²) >= 11 is 0. The van der Waals surface area contributed by atoms with Crippen LogP contribution in [0.3, 0.4) is 0 Å². The molecular formula is C13H21NO. The SMILES string of the molecule is CC.CNc1ccc(C)cc1CCC=O. The normalized spacial score (nSPS) is 8.80. The standard InChI is InChI=1S/C11H15NO.C2H6/c1-9-5-6-11(12-2)10(8-9)4-3-7-13;1-2/h5-8,12H,3-4H2,1-2H3;1-2H3. The van der Waals surface area contributed by atoms with Gasteiger partial charge in [-0.05, 0) is 25.0 Å². The van der Waals surface area contributed by atoms with Crippen molar-refractivity contribution < 1.29 is 4.79 Å². The highest BCUT2D eigenvalue weighted by atomic mass is 16.1. The number of anilines is 1. The summed E-state index contributed by atoms with van der Waals surface area (Å²) in [4.78, 5) is 10.2. The maximum Gasteiger partial charge on any atom is 0.120 e. The molecule has 0 amide bonds. The van der Waals surface area contributed by atoms with Crippen LogP contribution in [0.4, 0.5) is 5.69 Å².